The van der Waals surface area contributed by atoms with Gasteiger partial charge in [0.1, 0.15) is 0 Å². The normalized spacial score (nSPS) is 16.2. The Morgan fingerprint density at radius 3 is 2.40 bits per heavy atom. The predicted molar refractivity (Wildman–Crippen MR) is 52.3 cm³/mol. The van der Waals surface area contributed by atoms with Crippen LogP contribution in [0.15, 0.2) is 23.8 Å². The van der Waals surface area contributed by atoms with Gasteiger partial charge < -0.3 is 0 Å². The first-order valence-electron chi connectivity index (χ1n) is 3.75. The van der Waals surface area contributed by atoms with E-state index < -0.39 is 0 Å². The first-order valence-corrected chi connectivity index (χ1v) is 4.56. The van der Waals surface area contributed by atoms with Gasteiger partial charge in [0, 0.05) is 0 Å². The van der Waals surface area contributed by atoms with E-state index in [-0.39, 0.29) is 0 Å². The van der Waals surface area contributed by atoms with E-state index >= 15 is 0 Å². The van der Waals surface area contributed by atoms with Crippen LogP contribution in [0.3, 0.4) is 0 Å². The van der Waals surface area contributed by atoms with Crippen molar-refractivity contribution >= 4 is 9.24 Å². The monoisotopic (exact) mass is 156 g/mol. The summed E-state index contributed by atoms with van der Waals surface area (Å²) in [4.78, 5) is 0. The van der Waals surface area contributed by atoms with Crippen LogP contribution < -0.4 is 0 Å². The maximum Gasteiger partial charge on any atom is -0.0159 e. The van der Waals surface area contributed by atoms with E-state index in [1.54, 1.807) is 0 Å². The second-order valence-corrected chi connectivity index (χ2v) is 2.90. The van der Waals surface area contributed by atoms with Gasteiger partial charge >= 0.3 is 0 Å². The Balaban J connectivity index is 4.08. The third kappa shape index (κ3) is 3.17. The number of allylic oxidation sites excluding steroid dienone is 4. The molecule has 0 spiro atoms. The summed E-state index contributed by atoms with van der Waals surface area (Å²) in [5.41, 5.74) is 1.43. The third-order valence-corrected chi connectivity index (χ3v) is 2.32. The van der Waals surface area contributed by atoms with Gasteiger partial charge in [0.2, 0.25) is 0 Å². The Bertz CT molecular complexity index is 134. The maximum atomic E-state index is 2.77. The second kappa shape index (κ2) is 5.68. The summed E-state index contributed by atoms with van der Waals surface area (Å²) in [7, 11) is 2.77. The van der Waals surface area contributed by atoms with E-state index in [0.29, 0.717) is 5.92 Å². The summed E-state index contributed by atoms with van der Waals surface area (Å²) < 4.78 is 0. The van der Waals surface area contributed by atoms with Gasteiger partial charge in [-0.15, -0.1) is 9.24 Å². The molecule has 10 heavy (non-hydrogen) atoms. The van der Waals surface area contributed by atoms with Crippen molar-refractivity contribution in [1.82, 2.24) is 0 Å². The van der Waals surface area contributed by atoms with Crippen molar-refractivity contribution in [2.24, 2.45) is 5.92 Å². The molecule has 0 heterocycles. The molecule has 0 saturated carbocycles. The smallest absolute Gasteiger partial charge is 0.0159 e. The van der Waals surface area contributed by atoms with E-state index in [1.165, 1.54) is 5.57 Å². The Hall–Kier alpha value is -0.0900. The number of rotatable bonds is 3. The summed E-state index contributed by atoms with van der Waals surface area (Å²) in [5.74, 6) is 0.672. The largest absolute Gasteiger partial charge is 0.137 e. The van der Waals surface area contributed by atoms with E-state index in [4.69, 9.17) is 0 Å². The molecule has 58 valence electrons. The molecule has 0 nitrogen and oxygen atoms in total. The Labute approximate surface area is 66.6 Å². The molecule has 0 aromatic carbocycles. The van der Waals surface area contributed by atoms with Gasteiger partial charge in [0.15, 0.2) is 0 Å². The van der Waals surface area contributed by atoms with Crippen molar-refractivity contribution in [3.05, 3.63) is 23.8 Å². The molecule has 2 atom stereocenters. The molecule has 0 N–H and O–H groups in total. The van der Waals surface area contributed by atoms with Gasteiger partial charge in [-0.2, -0.15) is 0 Å². The van der Waals surface area contributed by atoms with E-state index in [2.05, 4.69) is 48.2 Å². The lowest BCUT2D eigenvalue weighted by Crippen LogP contribution is -1.97. The van der Waals surface area contributed by atoms with Crippen LogP contribution in [0.2, 0.25) is 0 Å². The Morgan fingerprint density at radius 2 is 2.10 bits per heavy atom. The summed E-state index contributed by atoms with van der Waals surface area (Å²) in [5, 5.41) is 0. The lowest BCUT2D eigenvalue weighted by Gasteiger charge is -2.08. The Kier molecular flexibility index (Phi) is 5.63. The summed E-state index contributed by atoms with van der Waals surface area (Å²) in [6.07, 6.45) is 7.58. The van der Waals surface area contributed by atoms with Crippen LogP contribution >= 0.6 is 9.24 Å². The van der Waals surface area contributed by atoms with Crippen molar-refractivity contribution in [1.29, 1.82) is 0 Å². The standard InChI is InChI=1S/C9H17P/c1-4-6-9(5-2)8(3)7-10/h4-6,8H,7,10H2,1-3H3/b6-4-,9-5+. The average molecular weight is 156 g/mol. The molecule has 2 unspecified atom stereocenters. The fourth-order valence-corrected chi connectivity index (χ4v) is 1.15. The van der Waals surface area contributed by atoms with Gasteiger partial charge in [0.05, 0.1) is 0 Å². The minimum absolute atomic E-state index is 0.672. The lowest BCUT2D eigenvalue weighted by atomic mass is 10.0. The zero-order chi connectivity index (χ0) is 7.98. The van der Waals surface area contributed by atoms with Crippen molar-refractivity contribution in [3.8, 4) is 0 Å². The minimum atomic E-state index is 0.672. The molecule has 0 rings (SSSR count). The zero-order valence-electron chi connectivity index (χ0n) is 7.09. The topological polar surface area (TPSA) is 0 Å². The average Bonchev–Trinajstić information content (AvgIpc) is 1.99. The van der Waals surface area contributed by atoms with Crippen LogP contribution in [-0.2, 0) is 0 Å². The van der Waals surface area contributed by atoms with Gasteiger partial charge in [-0.05, 0) is 31.5 Å². The molecule has 0 aromatic heterocycles. The number of hydrogen-bond donors (Lipinski definition) is 0. The highest BCUT2D eigenvalue weighted by Crippen LogP contribution is 2.13. The highest BCUT2D eigenvalue weighted by molar-refractivity contribution is 7.16. The number of hydrogen-bond acceptors (Lipinski definition) is 0. The van der Waals surface area contributed by atoms with Gasteiger partial charge in [-0.25, -0.2) is 0 Å². The molecule has 0 aliphatic carbocycles. The molecule has 0 fully saturated rings. The van der Waals surface area contributed by atoms with Crippen LogP contribution in [0.1, 0.15) is 20.8 Å². The van der Waals surface area contributed by atoms with E-state index in [0.717, 1.165) is 6.16 Å². The molecule has 0 amide bonds. The molecule has 0 aliphatic rings. The molecule has 0 radical (unpaired) electrons. The van der Waals surface area contributed by atoms with Crippen molar-refractivity contribution in [2.75, 3.05) is 6.16 Å². The van der Waals surface area contributed by atoms with Crippen LogP contribution in [0.5, 0.6) is 0 Å². The fourth-order valence-electron chi connectivity index (χ4n) is 0.874. The molecular formula is C9H17P. The van der Waals surface area contributed by atoms with Gasteiger partial charge in [-0.1, -0.05) is 25.2 Å². The third-order valence-electron chi connectivity index (χ3n) is 1.62. The zero-order valence-corrected chi connectivity index (χ0v) is 8.25. The summed E-state index contributed by atoms with van der Waals surface area (Å²) in [6.45, 7) is 6.38. The molecule has 0 saturated heterocycles. The molecule has 1 heteroatoms. The highest BCUT2D eigenvalue weighted by atomic mass is 31.0. The summed E-state index contributed by atoms with van der Waals surface area (Å²) in [6, 6.07) is 0. The van der Waals surface area contributed by atoms with Crippen LogP contribution in [-0.4, -0.2) is 6.16 Å². The lowest BCUT2D eigenvalue weighted by molar-refractivity contribution is 0.803. The quantitative estimate of drug-likeness (QED) is 0.435. The molecule has 0 aliphatic heterocycles. The molecule has 0 aromatic rings. The van der Waals surface area contributed by atoms with Crippen molar-refractivity contribution < 1.29 is 0 Å². The maximum absolute atomic E-state index is 2.77. The SMILES string of the molecule is C/C=C\C(=C/C)C(C)CP. The van der Waals surface area contributed by atoms with E-state index in [9.17, 15) is 0 Å². The van der Waals surface area contributed by atoms with Gasteiger partial charge in [-0.3, -0.25) is 0 Å². The summed E-state index contributed by atoms with van der Waals surface area (Å²) >= 11 is 0. The van der Waals surface area contributed by atoms with E-state index in [1.807, 2.05) is 0 Å². The van der Waals surface area contributed by atoms with Crippen molar-refractivity contribution in [3.63, 3.8) is 0 Å². The predicted octanol–water partition coefficient (Wildman–Crippen LogP) is 3.02. The van der Waals surface area contributed by atoms with Crippen LogP contribution in [0.4, 0.5) is 0 Å². The molecular weight excluding hydrogens is 139 g/mol. The van der Waals surface area contributed by atoms with Crippen LogP contribution in [0, 0.1) is 5.92 Å². The molecule has 0 bridgehead atoms. The first-order chi connectivity index (χ1) is 4.76. The van der Waals surface area contributed by atoms with Crippen molar-refractivity contribution in [2.45, 2.75) is 20.8 Å². The second-order valence-electron chi connectivity index (χ2n) is 2.43. The highest BCUT2D eigenvalue weighted by Gasteiger charge is 1.99. The fraction of sp³-hybridized carbons (Fsp3) is 0.556. The first kappa shape index (κ1) is 9.91. The van der Waals surface area contributed by atoms with Crippen LogP contribution in [0.25, 0.3) is 0 Å². The van der Waals surface area contributed by atoms with Gasteiger partial charge in [0.25, 0.3) is 0 Å². The minimum Gasteiger partial charge on any atom is -0.137 e. The Morgan fingerprint density at radius 1 is 1.50 bits per heavy atom.